The molecule has 1 aliphatic rings. The molecule has 1 aliphatic carbocycles. The van der Waals surface area contributed by atoms with Crippen LogP contribution in [0.5, 0.6) is 0 Å². The van der Waals surface area contributed by atoms with Gasteiger partial charge in [-0.2, -0.15) is 5.10 Å². The minimum Gasteiger partial charge on any atom is -0.273 e. The minimum atomic E-state index is -0.0467. The Morgan fingerprint density at radius 2 is 2.11 bits per heavy atom. The number of hydroxylamine groups is 1. The summed E-state index contributed by atoms with van der Waals surface area (Å²) >= 11 is 0. The predicted molar refractivity (Wildman–Crippen MR) is 72.5 cm³/mol. The van der Waals surface area contributed by atoms with E-state index >= 15 is 0 Å². The number of hydrogen-bond donors (Lipinski definition) is 1. The first-order chi connectivity index (χ1) is 9.08. The number of rotatable bonds is 5. The third-order valence-corrected chi connectivity index (χ3v) is 3.90. The molecule has 5 nitrogen and oxygen atoms in total. The third-order valence-electron chi connectivity index (χ3n) is 3.90. The van der Waals surface area contributed by atoms with Crippen molar-refractivity contribution >= 4 is 5.91 Å². The second-order valence-corrected chi connectivity index (χ2v) is 5.32. The number of amides is 1. The zero-order valence-electron chi connectivity index (χ0n) is 12.0. The summed E-state index contributed by atoms with van der Waals surface area (Å²) in [6.45, 7) is 4.01. The van der Waals surface area contributed by atoms with Gasteiger partial charge in [0, 0.05) is 19.2 Å². The number of carbonyl (C=O) groups excluding carboxylic acids is 1. The maximum Gasteiger partial charge on any atom is 0.243 e. The van der Waals surface area contributed by atoms with Crippen LogP contribution in [0, 0.1) is 13.8 Å². The van der Waals surface area contributed by atoms with Gasteiger partial charge in [0.1, 0.15) is 0 Å². The van der Waals surface area contributed by atoms with Crippen LogP contribution in [0.15, 0.2) is 0 Å². The van der Waals surface area contributed by atoms with Gasteiger partial charge in [0.15, 0.2) is 0 Å². The number of nitrogens with zero attached hydrogens (tertiary/aromatic N) is 2. The lowest BCUT2D eigenvalue weighted by molar-refractivity contribution is -0.138. The first-order valence-corrected chi connectivity index (χ1v) is 7.01. The SMILES string of the molecule is Cc1nn(C)c(C)c1CCC(=O)NOC1CCCC1. The Kier molecular flexibility index (Phi) is 4.58. The van der Waals surface area contributed by atoms with Gasteiger partial charge in [0.05, 0.1) is 11.8 Å². The van der Waals surface area contributed by atoms with Crippen LogP contribution in [0.3, 0.4) is 0 Å². The summed E-state index contributed by atoms with van der Waals surface area (Å²) in [6.07, 6.45) is 5.89. The normalized spacial score (nSPS) is 15.9. The summed E-state index contributed by atoms with van der Waals surface area (Å²) < 4.78 is 1.86. The maximum atomic E-state index is 11.7. The Bertz CT molecular complexity index is 448. The van der Waals surface area contributed by atoms with Crippen LogP contribution in [0.2, 0.25) is 0 Å². The molecule has 0 aliphatic heterocycles. The van der Waals surface area contributed by atoms with E-state index < -0.39 is 0 Å². The van der Waals surface area contributed by atoms with Crippen molar-refractivity contribution in [3.8, 4) is 0 Å². The van der Waals surface area contributed by atoms with E-state index in [9.17, 15) is 4.79 Å². The molecule has 0 unspecified atom stereocenters. The highest BCUT2D eigenvalue weighted by Gasteiger charge is 2.17. The van der Waals surface area contributed by atoms with Gasteiger partial charge in [0.2, 0.25) is 5.91 Å². The molecule has 5 heteroatoms. The van der Waals surface area contributed by atoms with Crippen molar-refractivity contribution in [3.05, 3.63) is 17.0 Å². The van der Waals surface area contributed by atoms with Gasteiger partial charge in [-0.05, 0) is 38.7 Å². The molecule has 0 spiro atoms. The number of nitrogens with one attached hydrogen (secondary N) is 1. The second-order valence-electron chi connectivity index (χ2n) is 5.32. The summed E-state index contributed by atoms with van der Waals surface area (Å²) in [5.41, 5.74) is 5.87. The van der Waals surface area contributed by atoms with E-state index in [0.29, 0.717) is 12.8 Å². The molecule has 0 saturated heterocycles. The van der Waals surface area contributed by atoms with Crippen LogP contribution in [0.1, 0.15) is 49.1 Å². The number of carbonyl (C=O) groups is 1. The van der Waals surface area contributed by atoms with Crippen molar-refractivity contribution in [2.75, 3.05) is 0 Å². The van der Waals surface area contributed by atoms with Gasteiger partial charge in [-0.25, -0.2) is 5.48 Å². The molecule has 1 aromatic rings. The van der Waals surface area contributed by atoms with E-state index in [1.807, 2.05) is 25.6 Å². The number of hydrogen-bond acceptors (Lipinski definition) is 3. The van der Waals surface area contributed by atoms with Gasteiger partial charge in [-0.3, -0.25) is 14.3 Å². The summed E-state index contributed by atoms with van der Waals surface area (Å²) in [6, 6.07) is 0. The van der Waals surface area contributed by atoms with Crippen LogP contribution < -0.4 is 5.48 Å². The molecule has 2 rings (SSSR count). The predicted octanol–water partition coefficient (Wildman–Crippen LogP) is 1.96. The first kappa shape index (κ1) is 14.1. The molecule has 1 N–H and O–H groups in total. The molecule has 0 aromatic carbocycles. The second kappa shape index (κ2) is 6.19. The number of aromatic nitrogens is 2. The summed E-state index contributed by atoms with van der Waals surface area (Å²) in [5.74, 6) is -0.0467. The highest BCUT2D eigenvalue weighted by molar-refractivity contribution is 5.75. The Balaban J connectivity index is 1.76. The summed E-state index contributed by atoms with van der Waals surface area (Å²) in [7, 11) is 1.93. The molecule has 1 fully saturated rings. The summed E-state index contributed by atoms with van der Waals surface area (Å²) in [4.78, 5) is 17.1. The molecule has 19 heavy (non-hydrogen) atoms. The average Bonchev–Trinajstić information content (AvgIpc) is 2.96. The van der Waals surface area contributed by atoms with Crippen LogP contribution >= 0.6 is 0 Å². The van der Waals surface area contributed by atoms with Gasteiger partial charge in [0.25, 0.3) is 0 Å². The van der Waals surface area contributed by atoms with Crippen LogP contribution in [0.4, 0.5) is 0 Å². The van der Waals surface area contributed by atoms with E-state index in [-0.39, 0.29) is 12.0 Å². The average molecular weight is 265 g/mol. The van der Waals surface area contributed by atoms with Crippen LogP contribution in [-0.2, 0) is 23.1 Å². The van der Waals surface area contributed by atoms with Gasteiger partial charge >= 0.3 is 0 Å². The molecule has 1 aromatic heterocycles. The molecule has 1 heterocycles. The molecule has 0 atom stereocenters. The molecular formula is C14H23N3O2. The highest BCUT2D eigenvalue weighted by Crippen LogP contribution is 2.20. The summed E-state index contributed by atoms with van der Waals surface area (Å²) in [5, 5.41) is 4.35. The van der Waals surface area contributed by atoms with E-state index in [2.05, 4.69) is 10.6 Å². The lowest BCUT2D eigenvalue weighted by Crippen LogP contribution is -2.28. The Labute approximate surface area is 114 Å². The van der Waals surface area contributed by atoms with E-state index in [1.54, 1.807) is 0 Å². The van der Waals surface area contributed by atoms with Gasteiger partial charge < -0.3 is 0 Å². The zero-order chi connectivity index (χ0) is 13.8. The van der Waals surface area contributed by atoms with Gasteiger partial charge in [-0.1, -0.05) is 12.8 Å². The fraction of sp³-hybridized carbons (Fsp3) is 0.714. The monoisotopic (exact) mass is 265 g/mol. The fourth-order valence-electron chi connectivity index (χ4n) is 2.62. The Hall–Kier alpha value is -1.36. The van der Waals surface area contributed by atoms with E-state index in [0.717, 1.165) is 24.2 Å². The van der Waals surface area contributed by atoms with Crippen molar-refractivity contribution in [2.45, 2.75) is 58.5 Å². The van der Waals surface area contributed by atoms with Crippen molar-refractivity contribution in [3.63, 3.8) is 0 Å². The first-order valence-electron chi connectivity index (χ1n) is 7.01. The van der Waals surface area contributed by atoms with Crippen molar-refractivity contribution in [1.29, 1.82) is 0 Å². The maximum absolute atomic E-state index is 11.7. The Morgan fingerprint density at radius 3 is 2.68 bits per heavy atom. The Morgan fingerprint density at radius 1 is 1.42 bits per heavy atom. The molecule has 0 bridgehead atoms. The molecule has 1 amide bonds. The smallest absolute Gasteiger partial charge is 0.243 e. The topological polar surface area (TPSA) is 56.2 Å². The van der Waals surface area contributed by atoms with Gasteiger partial charge in [-0.15, -0.1) is 0 Å². The molecule has 1 saturated carbocycles. The minimum absolute atomic E-state index is 0.0467. The van der Waals surface area contributed by atoms with Crippen molar-refractivity contribution < 1.29 is 9.63 Å². The van der Waals surface area contributed by atoms with Crippen LogP contribution in [0.25, 0.3) is 0 Å². The largest absolute Gasteiger partial charge is 0.273 e. The fourth-order valence-corrected chi connectivity index (χ4v) is 2.62. The highest BCUT2D eigenvalue weighted by atomic mass is 16.7. The zero-order valence-corrected chi connectivity index (χ0v) is 12.0. The number of aryl methyl sites for hydroxylation is 2. The standard InChI is InChI=1S/C14H23N3O2/c1-10-13(11(2)17(3)15-10)8-9-14(18)16-19-12-6-4-5-7-12/h12H,4-9H2,1-3H3,(H,16,18). The third kappa shape index (κ3) is 3.56. The van der Waals surface area contributed by atoms with Crippen LogP contribution in [-0.4, -0.2) is 21.8 Å². The van der Waals surface area contributed by atoms with E-state index in [4.69, 9.17) is 4.84 Å². The molecule has 106 valence electrons. The molecule has 0 radical (unpaired) electrons. The van der Waals surface area contributed by atoms with E-state index in [1.165, 1.54) is 18.4 Å². The lowest BCUT2D eigenvalue weighted by Gasteiger charge is -2.11. The lowest BCUT2D eigenvalue weighted by atomic mass is 10.1. The van der Waals surface area contributed by atoms with Crippen molar-refractivity contribution in [2.24, 2.45) is 7.05 Å². The molecular weight excluding hydrogens is 242 g/mol. The quantitative estimate of drug-likeness (QED) is 0.828. The van der Waals surface area contributed by atoms with Crippen molar-refractivity contribution in [1.82, 2.24) is 15.3 Å².